The molecule has 0 aliphatic heterocycles. The van der Waals surface area contributed by atoms with E-state index in [2.05, 4.69) is 20.3 Å². The Morgan fingerprint density at radius 1 is 1.60 bits per heavy atom. The molecule has 1 aromatic heterocycles. The Hall–Kier alpha value is -1.99. The molecule has 0 bridgehead atoms. The van der Waals surface area contributed by atoms with Crippen molar-refractivity contribution < 1.29 is 4.92 Å². The highest BCUT2D eigenvalue weighted by Gasteiger charge is 2.14. The summed E-state index contributed by atoms with van der Waals surface area (Å²) in [6.07, 6.45) is 1.22. The maximum absolute atomic E-state index is 10.5. The zero-order chi connectivity index (χ0) is 11.3. The summed E-state index contributed by atoms with van der Waals surface area (Å²) in [7, 11) is 0. The minimum Gasteiger partial charge on any atom is -0.358 e. The van der Waals surface area contributed by atoms with Crippen LogP contribution in [0.1, 0.15) is 13.8 Å². The van der Waals surface area contributed by atoms with Gasteiger partial charge in [-0.05, 0) is 18.8 Å². The Morgan fingerprint density at radius 2 is 2.27 bits per heavy atom. The summed E-state index contributed by atoms with van der Waals surface area (Å²) >= 11 is 0. The third kappa shape index (κ3) is 2.73. The fourth-order valence-corrected chi connectivity index (χ4v) is 0.943. The first-order valence-electron chi connectivity index (χ1n) is 4.53. The van der Waals surface area contributed by atoms with Crippen LogP contribution in [0.4, 0.5) is 11.6 Å². The molecule has 82 valence electrons. The molecule has 0 aromatic carbocycles. The van der Waals surface area contributed by atoms with E-state index in [1.165, 1.54) is 6.33 Å². The highest BCUT2D eigenvalue weighted by atomic mass is 16.6. The van der Waals surface area contributed by atoms with Gasteiger partial charge in [0, 0.05) is 13.1 Å². The molecule has 0 atom stereocenters. The second kappa shape index (κ2) is 5.03. The molecule has 0 aliphatic rings. The van der Waals surface area contributed by atoms with Gasteiger partial charge in [0.2, 0.25) is 0 Å². The zero-order valence-corrected chi connectivity index (χ0v) is 8.54. The van der Waals surface area contributed by atoms with Crippen molar-refractivity contribution in [2.75, 3.05) is 13.1 Å². The van der Waals surface area contributed by atoms with Crippen LogP contribution >= 0.6 is 0 Å². The Kier molecular flexibility index (Phi) is 3.72. The predicted molar refractivity (Wildman–Crippen MR) is 52.7 cm³/mol. The van der Waals surface area contributed by atoms with Crippen LogP contribution in [0, 0.1) is 10.1 Å². The number of nitrogens with zero attached hydrogens (tertiary/aromatic N) is 5. The zero-order valence-electron chi connectivity index (χ0n) is 8.54. The second-order valence-corrected chi connectivity index (χ2v) is 2.66. The highest BCUT2D eigenvalue weighted by molar-refractivity contribution is 5.44. The van der Waals surface area contributed by atoms with Crippen molar-refractivity contribution in [3.05, 3.63) is 16.4 Å². The maximum atomic E-state index is 10.5. The van der Waals surface area contributed by atoms with Crippen LogP contribution in [0.15, 0.2) is 16.7 Å². The standard InChI is InChI=1S/C7H12N6O2/c1-3-12(4-2)11-10-6-7(13(14)15)9-5-8-6/h5H,3-4H2,1-2H3,(H,8,9)/b11-10+. The summed E-state index contributed by atoms with van der Waals surface area (Å²) in [6, 6.07) is 0. The summed E-state index contributed by atoms with van der Waals surface area (Å²) in [5.41, 5.74) is 0. The van der Waals surface area contributed by atoms with E-state index < -0.39 is 4.92 Å². The van der Waals surface area contributed by atoms with Crippen LogP contribution in [0.5, 0.6) is 0 Å². The summed E-state index contributed by atoms with van der Waals surface area (Å²) in [6.45, 7) is 5.22. The third-order valence-corrected chi connectivity index (χ3v) is 1.78. The van der Waals surface area contributed by atoms with Crippen molar-refractivity contribution in [1.29, 1.82) is 0 Å². The van der Waals surface area contributed by atoms with Gasteiger partial charge in [-0.1, -0.05) is 5.22 Å². The lowest BCUT2D eigenvalue weighted by molar-refractivity contribution is -0.388. The van der Waals surface area contributed by atoms with Crippen LogP contribution < -0.4 is 0 Å². The first-order chi connectivity index (χ1) is 7.19. The van der Waals surface area contributed by atoms with E-state index in [1.54, 1.807) is 5.01 Å². The molecule has 0 amide bonds. The maximum Gasteiger partial charge on any atom is 0.369 e. The number of hydrogen-bond acceptors (Lipinski definition) is 5. The number of nitro groups is 1. The van der Waals surface area contributed by atoms with Crippen LogP contribution in [0.3, 0.4) is 0 Å². The lowest BCUT2D eigenvalue weighted by Crippen LogP contribution is -2.14. The monoisotopic (exact) mass is 212 g/mol. The van der Waals surface area contributed by atoms with E-state index in [4.69, 9.17) is 0 Å². The van der Waals surface area contributed by atoms with Gasteiger partial charge in [0.05, 0.1) is 0 Å². The van der Waals surface area contributed by atoms with Crippen LogP contribution in [0.2, 0.25) is 0 Å². The molecular weight excluding hydrogens is 200 g/mol. The number of hydrogen-bond donors (Lipinski definition) is 1. The van der Waals surface area contributed by atoms with Gasteiger partial charge in [0.1, 0.15) is 0 Å². The Labute approximate surface area is 86.1 Å². The van der Waals surface area contributed by atoms with E-state index >= 15 is 0 Å². The molecule has 1 aromatic rings. The summed E-state index contributed by atoms with van der Waals surface area (Å²) in [5.74, 6) is -0.252. The van der Waals surface area contributed by atoms with Crippen LogP contribution in [-0.2, 0) is 0 Å². The van der Waals surface area contributed by atoms with Crippen molar-refractivity contribution >= 4 is 11.6 Å². The van der Waals surface area contributed by atoms with Crippen LogP contribution in [-0.4, -0.2) is 33.0 Å². The van der Waals surface area contributed by atoms with Crippen molar-refractivity contribution in [1.82, 2.24) is 15.0 Å². The molecule has 0 unspecified atom stereocenters. The topological polar surface area (TPSA) is 99.8 Å². The number of nitrogens with one attached hydrogen (secondary N) is 1. The molecule has 0 aliphatic carbocycles. The van der Waals surface area contributed by atoms with E-state index in [-0.39, 0.29) is 11.6 Å². The minimum absolute atomic E-state index is 0.00750. The molecule has 0 fully saturated rings. The summed E-state index contributed by atoms with van der Waals surface area (Å²) in [4.78, 5) is 16.0. The first-order valence-corrected chi connectivity index (χ1v) is 4.53. The molecule has 8 heteroatoms. The second-order valence-electron chi connectivity index (χ2n) is 2.66. The quantitative estimate of drug-likeness (QED) is 0.455. The number of rotatable bonds is 5. The molecule has 1 rings (SSSR count). The van der Waals surface area contributed by atoms with E-state index in [9.17, 15) is 10.1 Å². The lowest BCUT2D eigenvalue weighted by Gasteiger charge is -2.10. The number of aromatic amines is 1. The fraction of sp³-hybridized carbons (Fsp3) is 0.571. The average molecular weight is 212 g/mol. The normalized spacial score (nSPS) is 10.8. The van der Waals surface area contributed by atoms with E-state index in [1.807, 2.05) is 13.8 Å². The Balaban J connectivity index is 2.79. The number of aromatic nitrogens is 2. The molecule has 1 heterocycles. The van der Waals surface area contributed by atoms with E-state index in [0.717, 1.165) is 0 Å². The molecule has 1 N–H and O–H groups in total. The van der Waals surface area contributed by atoms with Gasteiger partial charge >= 0.3 is 5.82 Å². The van der Waals surface area contributed by atoms with Gasteiger partial charge in [-0.15, -0.1) is 5.11 Å². The van der Waals surface area contributed by atoms with Crippen molar-refractivity contribution in [3.8, 4) is 0 Å². The van der Waals surface area contributed by atoms with Gasteiger partial charge in [0.25, 0.3) is 5.82 Å². The molecule has 0 saturated carbocycles. The lowest BCUT2D eigenvalue weighted by atomic mass is 10.6. The molecule has 0 radical (unpaired) electrons. The van der Waals surface area contributed by atoms with E-state index in [0.29, 0.717) is 13.1 Å². The number of H-pyrrole nitrogens is 1. The highest BCUT2D eigenvalue weighted by Crippen LogP contribution is 2.21. The molecule has 15 heavy (non-hydrogen) atoms. The Bertz CT molecular complexity index is 356. The summed E-state index contributed by atoms with van der Waals surface area (Å²) in [5, 5.41) is 19.7. The van der Waals surface area contributed by atoms with Gasteiger partial charge in [-0.2, -0.15) is 4.98 Å². The van der Waals surface area contributed by atoms with Gasteiger partial charge in [0.15, 0.2) is 6.33 Å². The van der Waals surface area contributed by atoms with Gasteiger partial charge in [-0.3, -0.25) is 5.01 Å². The molecule has 0 spiro atoms. The van der Waals surface area contributed by atoms with Gasteiger partial charge < -0.3 is 10.1 Å². The summed E-state index contributed by atoms with van der Waals surface area (Å²) < 4.78 is 0. The third-order valence-electron chi connectivity index (χ3n) is 1.78. The first kappa shape index (κ1) is 11.1. The van der Waals surface area contributed by atoms with Crippen molar-refractivity contribution in [2.45, 2.75) is 13.8 Å². The molecular formula is C7H12N6O2. The van der Waals surface area contributed by atoms with Crippen molar-refractivity contribution in [3.63, 3.8) is 0 Å². The average Bonchev–Trinajstić information content (AvgIpc) is 2.67. The smallest absolute Gasteiger partial charge is 0.358 e. The van der Waals surface area contributed by atoms with Crippen molar-refractivity contribution in [2.24, 2.45) is 10.3 Å². The fourth-order valence-electron chi connectivity index (χ4n) is 0.943. The van der Waals surface area contributed by atoms with Crippen LogP contribution in [0.25, 0.3) is 0 Å². The predicted octanol–water partition coefficient (Wildman–Crippen LogP) is 1.66. The molecule has 8 nitrogen and oxygen atoms in total. The molecule has 0 saturated heterocycles. The minimum atomic E-state index is -0.580. The SMILES string of the molecule is CCN(CC)/N=N/c1nc[nH]c1[N+](=O)[O-]. The van der Waals surface area contributed by atoms with Gasteiger partial charge in [-0.25, -0.2) is 4.98 Å². The Morgan fingerprint density at radius 3 is 2.80 bits per heavy atom. The number of imidazole rings is 1. The largest absolute Gasteiger partial charge is 0.369 e.